The standard InChI is InChI=1S/C18H25N3O5S/c1-9-13-12(10(2)22)17(24)21(13)14(18(25)26)15(9)27-7-6-20-8-19-5-3-4-11(19)16(20)23/h9-13,22H,3-8H2,1-2H3,(H,25,26)/t9-,10-,11?,12-,13-/m1/s1. The zero-order valence-corrected chi connectivity index (χ0v) is 16.3. The molecule has 0 aliphatic carbocycles. The lowest BCUT2D eigenvalue weighted by Crippen LogP contribution is -2.63. The Balaban J connectivity index is 1.43. The van der Waals surface area contributed by atoms with Crippen LogP contribution in [0.15, 0.2) is 10.6 Å². The van der Waals surface area contributed by atoms with Crippen molar-refractivity contribution in [3.05, 3.63) is 10.6 Å². The molecule has 0 aromatic rings. The molecule has 3 fully saturated rings. The normalized spacial score (nSPS) is 34.2. The van der Waals surface area contributed by atoms with Gasteiger partial charge < -0.3 is 20.0 Å². The molecule has 0 radical (unpaired) electrons. The summed E-state index contributed by atoms with van der Waals surface area (Å²) >= 11 is 1.42. The van der Waals surface area contributed by atoms with Crippen LogP contribution in [0, 0.1) is 11.8 Å². The first-order chi connectivity index (χ1) is 12.8. The van der Waals surface area contributed by atoms with Crippen LogP contribution in [0.1, 0.15) is 26.7 Å². The molecule has 0 aromatic carbocycles. The number of nitrogens with zero attached hydrogens (tertiary/aromatic N) is 3. The van der Waals surface area contributed by atoms with E-state index in [1.165, 1.54) is 16.7 Å². The van der Waals surface area contributed by atoms with Gasteiger partial charge in [-0.1, -0.05) is 6.92 Å². The minimum Gasteiger partial charge on any atom is -0.477 e. The maximum atomic E-state index is 12.4. The van der Waals surface area contributed by atoms with Gasteiger partial charge in [-0.05, 0) is 19.8 Å². The summed E-state index contributed by atoms with van der Waals surface area (Å²) in [6.45, 7) is 5.67. The molecular formula is C18H25N3O5S. The van der Waals surface area contributed by atoms with Crippen LogP contribution in [0.2, 0.25) is 0 Å². The molecule has 0 bridgehead atoms. The molecule has 0 aromatic heterocycles. The van der Waals surface area contributed by atoms with E-state index in [2.05, 4.69) is 4.90 Å². The van der Waals surface area contributed by atoms with Crippen molar-refractivity contribution in [3.63, 3.8) is 0 Å². The highest BCUT2D eigenvalue weighted by molar-refractivity contribution is 8.03. The Morgan fingerprint density at radius 3 is 2.70 bits per heavy atom. The fourth-order valence-electron chi connectivity index (χ4n) is 4.94. The van der Waals surface area contributed by atoms with Crippen LogP contribution in [0.4, 0.5) is 0 Å². The number of aliphatic hydroxyl groups excluding tert-OH is 1. The number of carboxylic acids is 1. The van der Waals surface area contributed by atoms with Gasteiger partial charge in [-0.2, -0.15) is 0 Å². The van der Waals surface area contributed by atoms with E-state index < -0.39 is 18.0 Å². The number of carboxylic acid groups (broad SMARTS) is 1. The van der Waals surface area contributed by atoms with Crippen molar-refractivity contribution in [2.24, 2.45) is 11.8 Å². The van der Waals surface area contributed by atoms with Crippen molar-refractivity contribution >= 4 is 29.5 Å². The summed E-state index contributed by atoms with van der Waals surface area (Å²) in [5.41, 5.74) is 0.0489. The number of aliphatic carboxylic acids is 1. The third-order valence-electron chi connectivity index (χ3n) is 6.24. The second kappa shape index (κ2) is 6.79. The molecule has 1 unspecified atom stereocenters. The van der Waals surface area contributed by atoms with E-state index in [9.17, 15) is 24.6 Å². The molecule has 2 N–H and O–H groups in total. The number of amides is 2. The molecule has 0 saturated carbocycles. The van der Waals surface area contributed by atoms with E-state index in [1.54, 1.807) is 6.92 Å². The number of β-lactam (4-membered cyclic amide) rings is 1. The third kappa shape index (κ3) is 2.78. The Hall–Kier alpha value is -1.58. The van der Waals surface area contributed by atoms with E-state index in [0.717, 1.165) is 19.4 Å². The number of thioether (sulfide) groups is 1. The Bertz CT molecular complexity index is 724. The molecule has 4 aliphatic rings. The fraction of sp³-hybridized carbons (Fsp3) is 0.722. The Morgan fingerprint density at radius 2 is 2.07 bits per heavy atom. The number of hydrogen-bond acceptors (Lipinski definition) is 6. The van der Waals surface area contributed by atoms with Gasteiger partial charge in [-0.15, -0.1) is 11.8 Å². The number of rotatable bonds is 6. The van der Waals surface area contributed by atoms with Crippen LogP contribution < -0.4 is 0 Å². The van der Waals surface area contributed by atoms with Crippen molar-refractivity contribution in [2.45, 2.75) is 44.9 Å². The second-order valence-electron chi connectivity index (χ2n) is 7.83. The molecule has 5 atom stereocenters. The highest BCUT2D eigenvalue weighted by Crippen LogP contribution is 2.50. The van der Waals surface area contributed by atoms with Gasteiger partial charge in [0.15, 0.2) is 0 Å². The fourth-order valence-corrected chi connectivity index (χ4v) is 6.19. The molecule has 4 aliphatic heterocycles. The number of carbonyl (C=O) groups is 3. The second-order valence-corrected chi connectivity index (χ2v) is 8.97. The zero-order chi connectivity index (χ0) is 19.5. The molecule has 9 heteroatoms. The molecular weight excluding hydrogens is 370 g/mol. The minimum atomic E-state index is -1.11. The maximum Gasteiger partial charge on any atom is 0.353 e. The van der Waals surface area contributed by atoms with Gasteiger partial charge in [-0.25, -0.2) is 4.79 Å². The smallest absolute Gasteiger partial charge is 0.353 e. The summed E-state index contributed by atoms with van der Waals surface area (Å²) in [7, 11) is 0. The summed E-state index contributed by atoms with van der Waals surface area (Å²) in [5, 5.41) is 19.5. The molecule has 148 valence electrons. The van der Waals surface area contributed by atoms with Crippen LogP contribution in [0.25, 0.3) is 0 Å². The summed E-state index contributed by atoms with van der Waals surface area (Å²) in [5.74, 6) is -1.33. The minimum absolute atomic E-state index is 0.0283. The van der Waals surface area contributed by atoms with Crippen molar-refractivity contribution < 1.29 is 24.6 Å². The van der Waals surface area contributed by atoms with Gasteiger partial charge in [0.1, 0.15) is 5.70 Å². The summed E-state index contributed by atoms with van der Waals surface area (Å²) < 4.78 is 0. The van der Waals surface area contributed by atoms with Crippen LogP contribution in [0.5, 0.6) is 0 Å². The molecule has 3 saturated heterocycles. The predicted molar refractivity (Wildman–Crippen MR) is 98.4 cm³/mol. The van der Waals surface area contributed by atoms with E-state index >= 15 is 0 Å². The Labute approximate surface area is 162 Å². The quantitative estimate of drug-likeness (QED) is 0.617. The first-order valence-electron chi connectivity index (χ1n) is 9.47. The first-order valence-corrected chi connectivity index (χ1v) is 10.5. The monoisotopic (exact) mass is 395 g/mol. The summed E-state index contributed by atoms with van der Waals surface area (Å²) in [6.07, 6.45) is 1.20. The number of fused-ring (bicyclic) bond motifs is 2. The number of hydrogen-bond donors (Lipinski definition) is 2. The maximum absolute atomic E-state index is 12.4. The highest BCUT2D eigenvalue weighted by Gasteiger charge is 2.59. The van der Waals surface area contributed by atoms with Gasteiger partial charge in [0.2, 0.25) is 11.8 Å². The number of carbonyl (C=O) groups excluding carboxylic acids is 2. The lowest BCUT2D eigenvalue weighted by Gasteiger charge is -2.46. The number of aliphatic hydroxyl groups is 1. The van der Waals surface area contributed by atoms with E-state index in [-0.39, 0.29) is 35.5 Å². The summed E-state index contributed by atoms with van der Waals surface area (Å²) in [4.78, 5) is 42.6. The SMILES string of the molecule is C[C@@H](O)[C@H]1C(=O)N2C(C(=O)O)=C(SCCN3CN4CCCC4C3=O)[C@H](C)[C@H]12. The predicted octanol–water partition coefficient (Wildman–Crippen LogP) is 0.137. The average molecular weight is 395 g/mol. The molecule has 4 heterocycles. The van der Waals surface area contributed by atoms with E-state index in [4.69, 9.17) is 0 Å². The van der Waals surface area contributed by atoms with Gasteiger partial charge in [0.25, 0.3) is 0 Å². The van der Waals surface area contributed by atoms with Crippen molar-refractivity contribution in [1.29, 1.82) is 0 Å². The largest absolute Gasteiger partial charge is 0.477 e. The molecule has 4 rings (SSSR count). The van der Waals surface area contributed by atoms with Crippen LogP contribution >= 0.6 is 11.8 Å². The van der Waals surface area contributed by atoms with E-state index in [1.807, 2.05) is 11.8 Å². The van der Waals surface area contributed by atoms with Crippen LogP contribution in [0.3, 0.4) is 0 Å². The lowest BCUT2D eigenvalue weighted by molar-refractivity contribution is -0.163. The first kappa shape index (κ1) is 18.8. The molecule has 8 nitrogen and oxygen atoms in total. The van der Waals surface area contributed by atoms with Crippen LogP contribution in [-0.2, 0) is 14.4 Å². The van der Waals surface area contributed by atoms with Gasteiger partial charge in [0, 0.05) is 29.7 Å². The van der Waals surface area contributed by atoms with Gasteiger partial charge in [0.05, 0.1) is 30.8 Å². The van der Waals surface area contributed by atoms with E-state index in [0.29, 0.717) is 23.9 Å². The zero-order valence-electron chi connectivity index (χ0n) is 15.5. The topological polar surface area (TPSA) is 101 Å². The van der Waals surface area contributed by atoms with Gasteiger partial charge in [-0.3, -0.25) is 14.5 Å². The summed E-state index contributed by atoms with van der Waals surface area (Å²) in [6, 6.07) is -0.259. The average Bonchev–Trinajstić information content (AvgIpc) is 3.22. The van der Waals surface area contributed by atoms with Gasteiger partial charge >= 0.3 is 5.97 Å². The van der Waals surface area contributed by atoms with Crippen molar-refractivity contribution in [2.75, 3.05) is 25.5 Å². The van der Waals surface area contributed by atoms with Crippen molar-refractivity contribution in [3.8, 4) is 0 Å². The molecule has 27 heavy (non-hydrogen) atoms. The third-order valence-corrected chi connectivity index (χ3v) is 7.51. The lowest BCUT2D eigenvalue weighted by atomic mass is 9.79. The molecule has 0 spiro atoms. The molecule has 2 amide bonds. The highest BCUT2D eigenvalue weighted by atomic mass is 32.2. The Kier molecular flexibility index (Phi) is 4.72. The van der Waals surface area contributed by atoms with Crippen LogP contribution in [-0.4, -0.2) is 86.4 Å². The Morgan fingerprint density at radius 1 is 1.33 bits per heavy atom. The van der Waals surface area contributed by atoms with Crippen molar-refractivity contribution in [1.82, 2.24) is 14.7 Å².